The molecule has 1 aromatic rings. The molecule has 3 heteroatoms. The van der Waals surface area contributed by atoms with Crippen molar-refractivity contribution in [3.05, 3.63) is 35.4 Å². The fourth-order valence-electron chi connectivity index (χ4n) is 1.76. The largest absolute Gasteiger partial charge is 0.313 e. The molecule has 18 heavy (non-hydrogen) atoms. The molecule has 0 saturated carbocycles. The minimum atomic E-state index is -0.622. The van der Waals surface area contributed by atoms with E-state index in [-0.39, 0.29) is 0 Å². The Morgan fingerprint density at radius 1 is 1.39 bits per heavy atom. The van der Waals surface area contributed by atoms with E-state index in [1.54, 1.807) is 0 Å². The highest BCUT2D eigenvalue weighted by Crippen LogP contribution is 2.19. The Hall–Kier alpha value is -0.980. The molecule has 0 radical (unpaired) electrons. The van der Waals surface area contributed by atoms with Crippen molar-refractivity contribution < 1.29 is 0 Å². The van der Waals surface area contributed by atoms with E-state index in [1.807, 2.05) is 18.7 Å². The molecule has 0 saturated heterocycles. The molecule has 0 aliphatic rings. The summed E-state index contributed by atoms with van der Waals surface area (Å²) in [5.74, 6) is 2.11. The summed E-state index contributed by atoms with van der Waals surface area (Å²) in [6.07, 6.45) is 2.53. The third kappa shape index (κ3) is 4.72. The second kappa shape index (κ2) is 7.45. The predicted molar refractivity (Wildman–Crippen MR) is 79.4 cm³/mol. The predicted octanol–water partition coefficient (Wildman–Crippen LogP) is 3.64. The van der Waals surface area contributed by atoms with Crippen molar-refractivity contribution in [2.45, 2.75) is 44.4 Å². The number of benzene rings is 1. The first-order chi connectivity index (χ1) is 8.61. The van der Waals surface area contributed by atoms with Gasteiger partial charge >= 0.3 is 0 Å². The summed E-state index contributed by atoms with van der Waals surface area (Å²) in [7, 11) is 0. The minimum Gasteiger partial charge on any atom is -0.313 e. The monoisotopic (exact) mass is 262 g/mol. The van der Waals surface area contributed by atoms with Crippen LogP contribution in [-0.2, 0) is 5.75 Å². The van der Waals surface area contributed by atoms with Crippen LogP contribution in [0.1, 0.15) is 37.3 Å². The molecule has 1 unspecified atom stereocenters. The molecule has 0 bridgehead atoms. The molecule has 1 aromatic carbocycles. The highest BCUT2D eigenvalue weighted by molar-refractivity contribution is 7.98. The average Bonchev–Trinajstić information content (AvgIpc) is 2.40. The summed E-state index contributed by atoms with van der Waals surface area (Å²) in [6, 6.07) is 10.7. The van der Waals surface area contributed by atoms with Gasteiger partial charge in [0.25, 0.3) is 0 Å². The van der Waals surface area contributed by atoms with E-state index in [0.717, 1.165) is 30.8 Å². The van der Waals surface area contributed by atoms with Gasteiger partial charge in [-0.15, -0.1) is 0 Å². The molecule has 0 spiro atoms. The van der Waals surface area contributed by atoms with Crippen LogP contribution in [0.25, 0.3) is 0 Å². The van der Waals surface area contributed by atoms with Crippen LogP contribution in [0, 0.1) is 18.3 Å². The van der Waals surface area contributed by atoms with E-state index in [9.17, 15) is 0 Å². The number of nitrogens with two attached hydrogens (primary N) is 1. The molecule has 1 rings (SSSR count). The van der Waals surface area contributed by atoms with Crippen LogP contribution >= 0.6 is 11.8 Å². The highest BCUT2D eigenvalue weighted by Gasteiger charge is 2.20. The first-order valence-electron chi connectivity index (χ1n) is 6.43. The Balaban J connectivity index is 2.24. The molecule has 1 atom stereocenters. The number of hydrogen-bond donors (Lipinski definition) is 1. The normalized spacial score (nSPS) is 13.9. The van der Waals surface area contributed by atoms with Crippen LogP contribution in [-0.4, -0.2) is 11.3 Å². The second-order valence-electron chi connectivity index (χ2n) is 4.70. The van der Waals surface area contributed by atoms with Crippen molar-refractivity contribution in [2.75, 3.05) is 5.75 Å². The van der Waals surface area contributed by atoms with Gasteiger partial charge in [0.15, 0.2) is 0 Å². The van der Waals surface area contributed by atoms with Gasteiger partial charge in [-0.3, -0.25) is 0 Å². The SMILES string of the molecule is CCC(N)(C#N)CCCSCc1ccccc1C. The van der Waals surface area contributed by atoms with E-state index >= 15 is 0 Å². The van der Waals surface area contributed by atoms with Crippen molar-refractivity contribution in [3.8, 4) is 6.07 Å². The maximum atomic E-state index is 8.97. The average molecular weight is 262 g/mol. The number of aryl methyl sites for hydroxylation is 1. The lowest BCUT2D eigenvalue weighted by molar-refractivity contribution is 0.478. The van der Waals surface area contributed by atoms with Gasteiger partial charge < -0.3 is 5.73 Å². The molecule has 0 aliphatic carbocycles. The van der Waals surface area contributed by atoms with Crippen molar-refractivity contribution in [3.63, 3.8) is 0 Å². The standard InChI is InChI=1S/C15H22N2S/c1-3-15(17,12-16)9-6-10-18-11-14-8-5-4-7-13(14)2/h4-5,7-8H,3,6,9-11,17H2,1-2H3. The van der Waals surface area contributed by atoms with Crippen molar-refractivity contribution in [1.29, 1.82) is 5.26 Å². The number of rotatable bonds is 7. The maximum Gasteiger partial charge on any atom is 0.104 e. The Kier molecular flexibility index (Phi) is 6.24. The molecule has 0 aromatic heterocycles. The molecule has 2 nitrogen and oxygen atoms in total. The lowest BCUT2D eigenvalue weighted by Gasteiger charge is -2.18. The summed E-state index contributed by atoms with van der Waals surface area (Å²) < 4.78 is 0. The summed E-state index contributed by atoms with van der Waals surface area (Å²) >= 11 is 1.92. The topological polar surface area (TPSA) is 49.8 Å². The Morgan fingerprint density at radius 3 is 2.72 bits per heavy atom. The van der Waals surface area contributed by atoms with Gasteiger partial charge in [-0.25, -0.2) is 0 Å². The first kappa shape index (κ1) is 15.1. The summed E-state index contributed by atoms with van der Waals surface area (Å²) in [4.78, 5) is 0. The lowest BCUT2D eigenvalue weighted by atomic mass is 9.94. The highest BCUT2D eigenvalue weighted by atomic mass is 32.2. The zero-order chi connectivity index (χ0) is 13.4. The number of nitriles is 1. The fourth-order valence-corrected chi connectivity index (χ4v) is 2.79. The Morgan fingerprint density at radius 2 is 2.11 bits per heavy atom. The zero-order valence-corrected chi connectivity index (χ0v) is 12.1. The van der Waals surface area contributed by atoms with Crippen LogP contribution in [0.3, 0.4) is 0 Å². The quantitative estimate of drug-likeness (QED) is 0.763. The van der Waals surface area contributed by atoms with Crippen molar-refractivity contribution in [2.24, 2.45) is 5.73 Å². The van der Waals surface area contributed by atoms with Crippen LogP contribution < -0.4 is 5.73 Å². The molecule has 0 aliphatic heterocycles. The summed E-state index contributed by atoms with van der Waals surface area (Å²) in [6.45, 7) is 4.12. The van der Waals surface area contributed by atoms with Crippen LogP contribution in [0.15, 0.2) is 24.3 Å². The molecule has 0 amide bonds. The van der Waals surface area contributed by atoms with E-state index < -0.39 is 5.54 Å². The Labute approximate surface area is 115 Å². The fraction of sp³-hybridized carbons (Fsp3) is 0.533. The number of hydrogen-bond acceptors (Lipinski definition) is 3. The van der Waals surface area contributed by atoms with E-state index in [0.29, 0.717) is 0 Å². The van der Waals surface area contributed by atoms with Gasteiger partial charge in [0, 0.05) is 5.75 Å². The van der Waals surface area contributed by atoms with Crippen LogP contribution in [0.4, 0.5) is 0 Å². The van der Waals surface area contributed by atoms with Gasteiger partial charge in [0.2, 0.25) is 0 Å². The molecule has 0 heterocycles. The number of nitrogens with zero attached hydrogens (tertiary/aromatic N) is 1. The first-order valence-corrected chi connectivity index (χ1v) is 7.59. The molecule has 98 valence electrons. The molecule has 0 fully saturated rings. The van der Waals surface area contributed by atoms with Gasteiger partial charge in [-0.1, -0.05) is 31.2 Å². The molecular weight excluding hydrogens is 240 g/mol. The van der Waals surface area contributed by atoms with E-state index in [2.05, 4.69) is 37.3 Å². The zero-order valence-electron chi connectivity index (χ0n) is 11.3. The van der Waals surface area contributed by atoms with Gasteiger partial charge in [-0.05, 0) is 43.1 Å². The van der Waals surface area contributed by atoms with E-state index in [1.165, 1.54) is 11.1 Å². The second-order valence-corrected chi connectivity index (χ2v) is 5.81. The lowest BCUT2D eigenvalue weighted by Crippen LogP contribution is -2.37. The molecule has 2 N–H and O–H groups in total. The third-order valence-corrected chi connectivity index (χ3v) is 4.38. The van der Waals surface area contributed by atoms with E-state index in [4.69, 9.17) is 11.0 Å². The summed E-state index contributed by atoms with van der Waals surface area (Å²) in [5.41, 5.74) is 8.07. The summed E-state index contributed by atoms with van der Waals surface area (Å²) in [5, 5.41) is 8.97. The van der Waals surface area contributed by atoms with Crippen LogP contribution in [0.5, 0.6) is 0 Å². The molecular formula is C15H22N2S. The minimum absolute atomic E-state index is 0.622. The van der Waals surface area contributed by atoms with Gasteiger partial charge in [0.05, 0.1) is 6.07 Å². The van der Waals surface area contributed by atoms with Gasteiger partial charge in [-0.2, -0.15) is 17.0 Å². The number of thioether (sulfide) groups is 1. The van der Waals surface area contributed by atoms with Crippen molar-refractivity contribution in [1.82, 2.24) is 0 Å². The van der Waals surface area contributed by atoms with Crippen LogP contribution in [0.2, 0.25) is 0 Å². The third-order valence-electron chi connectivity index (χ3n) is 3.28. The van der Waals surface area contributed by atoms with Gasteiger partial charge in [0.1, 0.15) is 5.54 Å². The smallest absolute Gasteiger partial charge is 0.104 e. The maximum absolute atomic E-state index is 8.97. The van der Waals surface area contributed by atoms with Crippen molar-refractivity contribution >= 4 is 11.8 Å². The Bertz CT molecular complexity index is 411.